The number of aliphatic hydroxyl groups is 2. The topological polar surface area (TPSA) is 70.4 Å². The van der Waals surface area contributed by atoms with Crippen molar-refractivity contribution in [2.24, 2.45) is 0 Å². The second kappa shape index (κ2) is 17.7. The Hall–Kier alpha value is -1.26. The van der Waals surface area contributed by atoms with Crippen LogP contribution in [-0.4, -0.2) is 36.2 Å². The van der Waals surface area contributed by atoms with E-state index >= 15 is 0 Å². The zero-order chi connectivity index (χ0) is 12.0. The molecule has 0 amide bonds. The maximum atomic E-state index is 8.00. The Kier molecular flexibility index (Phi) is 23.4. The normalized spacial score (nSPS) is 6.43. The SMILES string of the molecule is C=O.CO.CO.Cc1cccc(C)n1. The van der Waals surface area contributed by atoms with Gasteiger partial charge < -0.3 is 15.0 Å². The zero-order valence-corrected chi connectivity index (χ0v) is 9.19. The van der Waals surface area contributed by atoms with Gasteiger partial charge in [0.05, 0.1) is 0 Å². The van der Waals surface area contributed by atoms with Crippen LogP contribution in [0.5, 0.6) is 0 Å². The molecule has 1 aromatic heterocycles. The maximum absolute atomic E-state index is 8.00. The minimum Gasteiger partial charge on any atom is -0.400 e. The molecule has 4 heteroatoms. The Balaban J connectivity index is -0.000000174. The fourth-order valence-electron chi connectivity index (χ4n) is 0.679. The van der Waals surface area contributed by atoms with Crippen LogP contribution in [0, 0.1) is 13.8 Å². The number of carbonyl (C=O) groups is 1. The van der Waals surface area contributed by atoms with Gasteiger partial charge in [-0.25, -0.2) is 0 Å². The molecule has 2 N–H and O–H groups in total. The Morgan fingerprint density at radius 2 is 1.29 bits per heavy atom. The molecule has 1 heterocycles. The van der Waals surface area contributed by atoms with Crippen LogP contribution >= 0.6 is 0 Å². The van der Waals surface area contributed by atoms with E-state index < -0.39 is 0 Å². The number of rotatable bonds is 0. The van der Waals surface area contributed by atoms with Gasteiger partial charge in [-0.05, 0) is 26.0 Å². The third-order valence-electron chi connectivity index (χ3n) is 1.03. The summed E-state index contributed by atoms with van der Waals surface area (Å²) in [7, 11) is 2.00. The molecule has 82 valence electrons. The number of aliphatic hydroxyl groups excluding tert-OH is 2. The molecule has 0 aliphatic rings. The Morgan fingerprint density at radius 1 is 1.00 bits per heavy atom. The van der Waals surface area contributed by atoms with Gasteiger partial charge in [0.1, 0.15) is 6.79 Å². The molecule has 0 saturated carbocycles. The molecule has 0 radical (unpaired) electrons. The summed E-state index contributed by atoms with van der Waals surface area (Å²) in [6, 6.07) is 6.00. The number of hydrogen-bond donors (Lipinski definition) is 2. The second-order valence-electron chi connectivity index (χ2n) is 1.92. The average molecular weight is 201 g/mol. The first-order chi connectivity index (χ1) is 6.79. The maximum Gasteiger partial charge on any atom is 0.106 e. The summed E-state index contributed by atoms with van der Waals surface area (Å²) in [5.74, 6) is 0. The highest BCUT2D eigenvalue weighted by Crippen LogP contribution is 1.93. The molecule has 0 spiro atoms. The lowest BCUT2D eigenvalue weighted by Crippen LogP contribution is -1.81. The van der Waals surface area contributed by atoms with Crippen LogP contribution in [0.25, 0.3) is 0 Å². The van der Waals surface area contributed by atoms with Crippen molar-refractivity contribution in [3.63, 3.8) is 0 Å². The third-order valence-corrected chi connectivity index (χ3v) is 1.03. The summed E-state index contributed by atoms with van der Waals surface area (Å²) in [6.07, 6.45) is 0. The number of nitrogens with zero attached hydrogens (tertiary/aromatic N) is 1. The molecule has 0 fully saturated rings. The third kappa shape index (κ3) is 13.3. The van der Waals surface area contributed by atoms with Crippen LogP contribution in [-0.2, 0) is 4.79 Å². The summed E-state index contributed by atoms with van der Waals surface area (Å²) in [4.78, 5) is 12.2. The average Bonchev–Trinajstić information content (AvgIpc) is 2.26. The van der Waals surface area contributed by atoms with Gasteiger partial charge in [0.25, 0.3) is 0 Å². The second-order valence-corrected chi connectivity index (χ2v) is 1.92. The van der Waals surface area contributed by atoms with Gasteiger partial charge in [-0.2, -0.15) is 0 Å². The van der Waals surface area contributed by atoms with Crippen LogP contribution in [0.15, 0.2) is 18.2 Å². The Labute approximate surface area is 85.2 Å². The van der Waals surface area contributed by atoms with Gasteiger partial charge in [-0.15, -0.1) is 0 Å². The molecule has 0 atom stereocenters. The van der Waals surface area contributed by atoms with Crippen molar-refractivity contribution in [3.8, 4) is 0 Å². The van der Waals surface area contributed by atoms with Crippen molar-refractivity contribution < 1.29 is 15.0 Å². The van der Waals surface area contributed by atoms with E-state index in [0.29, 0.717) is 0 Å². The number of carbonyl (C=O) groups excluding carboxylic acids is 1. The first-order valence-electron chi connectivity index (χ1n) is 3.87. The van der Waals surface area contributed by atoms with Gasteiger partial charge in [0.2, 0.25) is 0 Å². The minimum absolute atomic E-state index is 1.00. The lowest BCUT2D eigenvalue weighted by atomic mass is 10.3. The highest BCUT2D eigenvalue weighted by Gasteiger charge is 1.82. The number of aromatic nitrogens is 1. The molecule has 0 unspecified atom stereocenters. The van der Waals surface area contributed by atoms with Gasteiger partial charge >= 0.3 is 0 Å². The van der Waals surface area contributed by atoms with Crippen LogP contribution < -0.4 is 0 Å². The van der Waals surface area contributed by atoms with Crippen LogP contribution in [0.2, 0.25) is 0 Å². The molecule has 0 saturated heterocycles. The number of hydrogen-bond acceptors (Lipinski definition) is 4. The monoisotopic (exact) mass is 201 g/mol. The van der Waals surface area contributed by atoms with E-state index in [4.69, 9.17) is 15.0 Å². The predicted molar refractivity (Wildman–Crippen MR) is 57.1 cm³/mol. The molecule has 0 aliphatic heterocycles. The van der Waals surface area contributed by atoms with E-state index in [-0.39, 0.29) is 0 Å². The molecule has 1 rings (SSSR count). The quantitative estimate of drug-likeness (QED) is 0.649. The lowest BCUT2D eigenvalue weighted by molar-refractivity contribution is -0.0979. The van der Waals surface area contributed by atoms with Crippen molar-refractivity contribution in [2.45, 2.75) is 13.8 Å². The van der Waals surface area contributed by atoms with Crippen molar-refractivity contribution >= 4 is 6.79 Å². The largest absolute Gasteiger partial charge is 0.400 e. The molecule has 0 aromatic carbocycles. The molecular weight excluding hydrogens is 182 g/mol. The fourth-order valence-corrected chi connectivity index (χ4v) is 0.679. The van der Waals surface area contributed by atoms with Crippen molar-refractivity contribution in [1.82, 2.24) is 4.98 Å². The van der Waals surface area contributed by atoms with E-state index in [1.54, 1.807) is 0 Å². The van der Waals surface area contributed by atoms with Gasteiger partial charge in [0.15, 0.2) is 0 Å². The molecule has 4 nitrogen and oxygen atoms in total. The van der Waals surface area contributed by atoms with Crippen LogP contribution in [0.1, 0.15) is 11.4 Å². The van der Waals surface area contributed by atoms with Crippen LogP contribution in [0.3, 0.4) is 0 Å². The Morgan fingerprint density at radius 3 is 1.43 bits per heavy atom. The van der Waals surface area contributed by atoms with Crippen molar-refractivity contribution in [2.75, 3.05) is 14.2 Å². The first kappa shape index (κ1) is 18.5. The van der Waals surface area contributed by atoms with E-state index in [1.807, 2.05) is 38.8 Å². The van der Waals surface area contributed by atoms with E-state index in [0.717, 1.165) is 25.6 Å². The number of aryl methyl sites for hydroxylation is 2. The summed E-state index contributed by atoms with van der Waals surface area (Å²) in [5.41, 5.74) is 2.18. The van der Waals surface area contributed by atoms with Gasteiger partial charge in [0, 0.05) is 25.6 Å². The van der Waals surface area contributed by atoms with Crippen LogP contribution in [0.4, 0.5) is 0 Å². The molecule has 1 aromatic rings. The Bertz CT molecular complexity index is 187. The molecule has 14 heavy (non-hydrogen) atoms. The van der Waals surface area contributed by atoms with Gasteiger partial charge in [-0.1, -0.05) is 6.07 Å². The summed E-state index contributed by atoms with van der Waals surface area (Å²) in [5, 5.41) is 14.0. The standard InChI is InChI=1S/C7H9N.2CH4O.CH2O/c1-6-4-3-5-7(2)8-6;3*1-2/h3-5H,1-2H3;2*2H,1H3;1H2. The van der Waals surface area contributed by atoms with E-state index in [2.05, 4.69) is 4.98 Å². The molecule has 0 aliphatic carbocycles. The van der Waals surface area contributed by atoms with E-state index in [1.165, 1.54) is 0 Å². The summed E-state index contributed by atoms with van der Waals surface area (Å²) < 4.78 is 0. The first-order valence-corrected chi connectivity index (χ1v) is 3.87. The van der Waals surface area contributed by atoms with E-state index in [9.17, 15) is 0 Å². The predicted octanol–water partition coefficient (Wildman–Crippen LogP) is 0.731. The fraction of sp³-hybridized carbons (Fsp3) is 0.400. The summed E-state index contributed by atoms with van der Waals surface area (Å²) in [6.45, 7) is 5.99. The van der Waals surface area contributed by atoms with Gasteiger partial charge in [-0.3, -0.25) is 4.98 Å². The van der Waals surface area contributed by atoms with Crippen molar-refractivity contribution in [1.29, 1.82) is 0 Å². The number of pyridine rings is 1. The smallest absolute Gasteiger partial charge is 0.106 e. The highest BCUT2D eigenvalue weighted by molar-refractivity contribution is 5.11. The molecular formula is C10H19NO3. The highest BCUT2D eigenvalue weighted by atomic mass is 16.2. The minimum atomic E-state index is 1.00. The molecule has 0 bridgehead atoms. The zero-order valence-electron chi connectivity index (χ0n) is 9.19. The summed E-state index contributed by atoms with van der Waals surface area (Å²) >= 11 is 0. The van der Waals surface area contributed by atoms with Crippen molar-refractivity contribution in [3.05, 3.63) is 29.6 Å². The lowest BCUT2D eigenvalue weighted by Gasteiger charge is -1.90.